The molecule has 0 spiro atoms. The van der Waals surface area contributed by atoms with Gasteiger partial charge < -0.3 is 5.32 Å². The molecule has 2 heterocycles. The lowest BCUT2D eigenvalue weighted by Gasteiger charge is -2.22. The van der Waals surface area contributed by atoms with Crippen LogP contribution in [-0.4, -0.2) is 26.3 Å². The Hall–Kier alpha value is -3.04. The number of sulfonamides is 1. The zero-order chi connectivity index (χ0) is 20.6. The molecule has 0 aromatic heterocycles. The second-order valence-corrected chi connectivity index (χ2v) is 9.47. The fourth-order valence-electron chi connectivity index (χ4n) is 3.08. The van der Waals surface area contributed by atoms with Crippen molar-refractivity contribution in [3.8, 4) is 0 Å². The van der Waals surface area contributed by atoms with Crippen LogP contribution in [0, 0.1) is 0 Å². The molecule has 2 aromatic carbocycles. The topological polar surface area (TPSA) is 99.7 Å². The van der Waals surface area contributed by atoms with Gasteiger partial charge in [0.25, 0.3) is 5.91 Å². The third-order valence-corrected chi connectivity index (χ3v) is 5.98. The number of thioether (sulfide) groups is 1. The van der Waals surface area contributed by atoms with Crippen LogP contribution in [0.3, 0.4) is 0 Å². The zero-order valence-corrected chi connectivity index (χ0v) is 17.3. The lowest BCUT2D eigenvalue weighted by molar-refractivity contribution is -0.116. The number of hydrogen-bond donors (Lipinski definition) is 3. The number of nitrogens with zero attached hydrogens (tertiary/aromatic N) is 1. The minimum Gasteiger partial charge on any atom is -0.354 e. The number of para-hydroxylation sites is 1. The number of hydrazone groups is 1. The monoisotopic (exact) mass is 426 g/mol. The van der Waals surface area contributed by atoms with E-state index in [1.165, 1.54) is 11.8 Å². The zero-order valence-electron chi connectivity index (χ0n) is 15.7. The second-order valence-electron chi connectivity index (χ2n) is 6.61. The maximum atomic E-state index is 12.2. The number of rotatable bonds is 4. The van der Waals surface area contributed by atoms with Gasteiger partial charge >= 0.3 is 0 Å². The van der Waals surface area contributed by atoms with Gasteiger partial charge in [0.2, 0.25) is 10.0 Å². The SMILES string of the molecule is CC1=NNC(=O)/C1=C1/C=C(Sc2ccc(NS(C)(=O)=O)cc2)c2ccccc2N1. The van der Waals surface area contributed by atoms with Crippen LogP contribution in [0.25, 0.3) is 4.91 Å². The van der Waals surface area contributed by atoms with Crippen molar-refractivity contribution in [1.29, 1.82) is 0 Å². The predicted molar refractivity (Wildman–Crippen MR) is 117 cm³/mol. The number of amides is 1. The number of fused-ring (bicyclic) bond motifs is 1. The maximum absolute atomic E-state index is 12.2. The highest BCUT2D eigenvalue weighted by molar-refractivity contribution is 8.08. The van der Waals surface area contributed by atoms with E-state index in [4.69, 9.17) is 0 Å². The fourth-order valence-corrected chi connectivity index (χ4v) is 4.63. The fraction of sp³-hybridized carbons (Fsp3) is 0.100. The van der Waals surface area contributed by atoms with Crippen LogP contribution in [0.5, 0.6) is 0 Å². The van der Waals surface area contributed by atoms with E-state index in [2.05, 4.69) is 20.6 Å². The molecule has 9 heteroatoms. The maximum Gasteiger partial charge on any atom is 0.275 e. The van der Waals surface area contributed by atoms with E-state index in [1.807, 2.05) is 42.5 Å². The molecule has 3 N–H and O–H groups in total. The summed E-state index contributed by atoms with van der Waals surface area (Å²) in [5.74, 6) is -0.235. The molecule has 0 unspecified atom stereocenters. The van der Waals surface area contributed by atoms with Gasteiger partial charge in [0.1, 0.15) is 0 Å². The normalized spacial score (nSPS) is 18.3. The lowest BCUT2D eigenvalue weighted by Crippen LogP contribution is -2.18. The largest absolute Gasteiger partial charge is 0.354 e. The van der Waals surface area contributed by atoms with Gasteiger partial charge in [0, 0.05) is 26.7 Å². The summed E-state index contributed by atoms with van der Waals surface area (Å²) in [5.41, 5.74) is 6.77. The average molecular weight is 427 g/mol. The van der Waals surface area contributed by atoms with E-state index >= 15 is 0 Å². The first kappa shape index (κ1) is 19.3. The Morgan fingerprint density at radius 3 is 2.45 bits per heavy atom. The highest BCUT2D eigenvalue weighted by Crippen LogP contribution is 2.42. The Kier molecular flexibility index (Phi) is 4.93. The Bertz CT molecular complexity index is 1200. The molecule has 0 atom stereocenters. The van der Waals surface area contributed by atoms with Crippen molar-refractivity contribution in [1.82, 2.24) is 5.43 Å². The summed E-state index contributed by atoms with van der Waals surface area (Å²) in [6.07, 6.45) is 3.06. The molecule has 2 aliphatic rings. The summed E-state index contributed by atoms with van der Waals surface area (Å²) in [4.78, 5) is 14.1. The van der Waals surface area contributed by atoms with E-state index in [1.54, 1.807) is 19.1 Å². The molecule has 0 saturated heterocycles. The van der Waals surface area contributed by atoms with Gasteiger partial charge in [0.15, 0.2) is 0 Å². The first-order chi connectivity index (χ1) is 13.8. The molecule has 1 amide bonds. The van der Waals surface area contributed by atoms with Crippen LogP contribution in [0.2, 0.25) is 0 Å². The van der Waals surface area contributed by atoms with E-state index in [0.717, 1.165) is 27.3 Å². The van der Waals surface area contributed by atoms with Gasteiger partial charge in [-0.25, -0.2) is 13.8 Å². The highest BCUT2D eigenvalue weighted by Gasteiger charge is 2.26. The summed E-state index contributed by atoms with van der Waals surface area (Å²) < 4.78 is 25.2. The summed E-state index contributed by atoms with van der Waals surface area (Å²) in [6, 6.07) is 15.0. The minimum atomic E-state index is -3.32. The summed E-state index contributed by atoms with van der Waals surface area (Å²) in [5, 5.41) is 7.33. The summed E-state index contributed by atoms with van der Waals surface area (Å²) in [7, 11) is -3.32. The van der Waals surface area contributed by atoms with E-state index in [9.17, 15) is 13.2 Å². The van der Waals surface area contributed by atoms with Gasteiger partial charge in [-0.15, -0.1) is 0 Å². The standard InChI is InChI=1S/C20H18N4O3S2/c1-12-19(20(25)23-22-12)17-11-18(15-5-3-4-6-16(15)21-17)28-14-9-7-13(8-10-14)24-29(2,26)27/h3-11,21,24H,1-2H3,(H,23,25)/b19-17-. The second kappa shape index (κ2) is 7.41. The molecular weight excluding hydrogens is 408 g/mol. The number of hydrogen-bond acceptors (Lipinski definition) is 6. The number of benzene rings is 2. The average Bonchev–Trinajstić information content (AvgIpc) is 3.00. The molecule has 2 aromatic rings. The number of nitrogens with one attached hydrogen (secondary N) is 3. The quantitative estimate of drug-likeness (QED) is 0.651. The molecule has 4 rings (SSSR count). The van der Waals surface area contributed by atoms with Crippen molar-refractivity contribution in [2.75, 3.05) is 16.3 Å². The van der Waals surface area contributed by atoms with Gasteiger partial charge in [-0.05, 0) is 43.3 Å². The summed E-state index contributed by atoms with van der Waals surface area (Å²) in [6.45, 7) is 1.79. The highest BCUT2D eigenvalue weighted by atomic mass is 32.2. The smallest absolute Gasteiger partial charge is 0.275 e. The van der Waals surface area contributed by atoms with E-state index in [0.29, 0.717) is 22.7 Å². The molecule has 0 bridgehead atoms. The predicted octanol–water partition coefficient (Wildman–Crippen LogP) is 3.38. The molecule has 0 aliphatic carbocycles. The number of anilines is 2. The van der Waals surface area contributed by atoms with Crippen LogP contribution in [0.4, 0.5) is 11.4 Å². The Labute approximate surface area is 173 Å². The van der Waals surface area contributed by atoms with E-state index in [-0.39, 0.29) is 5.91 Å². The Morgan fingerprint density at radius 2 is 1.79 bits per heavy atom. The van der Waals surface area contributed by atoms with Crippen molar-refractivity contribution in [2.24, 2.45) is 5.10 Å². The molecule has 0 saturated carbocycles. The van der Waals surface area contributed by atoms with Crippen LogP contribution in [0.15, 0.2) is 75.9 Å². The first-order valence-corrected chi connectivity index (χ1v) is 11.4. The van der Waals surface area contributed by atoms with Crippen molar-refractivity contribution in [3.63, 3.8) is 0 Å². The van der Waals surface area contributed by atoms with Crippen LogP contribution in [0.1, 0.15) is 12.5 Å². The molecule has 148 valence electrons. The molecule has 2 aliphatic heterocycles. The Balaban J connectivity index is 1.70. The van der Waals surface area contributed by atoms with Crippen molar-refractivity contribution in [2.45, 2.75) is 11.8 Å². The van der Waals surface area contributed by atoms with Crippen LogP contribution < -0.4 is 15.5 Å². The minimum absolute atomic E-state index is 0.235. The van der Waals surface area contributed by atoms with Crippen molar-refractivity contribution in [3.05, 3.63) is 71.4 Å². The number of carbonyl (C=O) groups excluding carboxylic acids is 1. The molecular formula is C20H18N4O3S2. The first-order valence-electron chi connectivity index (χ1n) is 8.73. The lowest BCUT2D eigenvalue weighted by atomic mass is 10.0. The molecule has 0 fully saturated rings. The third kappa shape index (κ3) is 4.20. The third-order valence-electron chi connectivity index (χ3n) is 4.31. The Morgan fingerprint density at radius 1 is 1.07 bits per heavy atom. The van der Waals surface area contributed by atoms with E-state index < -0.39 is 10.0 Å². The van der Waals surface area contributed by atoms with Crippen molar-refractivity contribution >= 4 is 49.7 Å². The number of carbonyl (C=O) groups is 1. The molecule has 29 heavy (non-hydrogen) atoms. The summed E-state index contributed by atoms with van der Waals surface area (Å²) >= 11 is 1.54. The molecule has 0 radical (unpaired) electrons. The van der Waals surface area contributed by atoms with Crippen molar-refractivity contribution < 1.29 is 13.2 Å². The number of allylic oxidation sites excluding steroid dienone is 1. The van der Waals surface area contributed by atoms with Gasteiger partial charge in [0.05, 0.1) is 23.2 Å². The van der Waals surface area contributed by atoms with Gasteiger partial charge in [-0.3, -0.25) is 9.52 Å². The van der Waals surface area contributed by atoms with Crippen LogP contribution in [-0.2, 0) is 14.8 Å². The van der Waals surface area contributed by atoms with Gasteiger partial charge in [-0.2, -0.15) is 5.10 Å². The van der Waals surface area contributed by atoms with Crippen LogP contribution >= 0.6 is 11.8 Å². The molecule has 7 nitrogen and oxygen atoms in total. The van der Waals surface area contributed by atoms with Gasteiger partial charge in [-0.1, -0.05) is 30.0 Å².